The highest BCUT2D eigenvalue weighted by atomic mass is 79.9. The molecule has 0 saturated carbocycles. The molecule has 0 spiro atoms. The first-order valence-electron chi connectivity index (χ1n) is 7.40. The van der Waals surface area contributed by atoms with Crippen LogP contribution in [-0.4, -0.2) is 16.2 Å². The fourth-order valence-electron chi connectivity index (χ4n) is 2.11. The summed E-state index contributed by atoms with van der Waals surface area (Å²) in [7, 11) is 0. The Hall–Kier alpha value is -2.47. The van der Waals surface area contributed by atoms with E-state index in [1.165, 1.54) is 0 Å². The molecule has 24 heavy (non-hydrogen) atoms. The molecule has 0 fully saturated rings. The van der Waals surface area contributed by atoms with E-state index in [1.807, 2.05) is 37.3 Å². The highest BCUT2D eigenvalue weighted by molar-refractivity contribution is 9.10. The second-order valence-electron chi connectivity index (χ2n) is 5.37. The SMILES string of the molecule is Cc1ccc(-c2nnc([C@@H](C)OC(=O)c3cccc(Br)c3)o2)cc1. The van der Waals surface area contributed by atoms with Gasteiger partial charge in [0.15, 0.2) is 6.10 Å². The molecule has 0 amide bonds. The molecule has 6 heteroatoms. The van der Waals surface area contributed by atoms with E-state index >= 15 is 0 Å². The van der Waals surface area contributed by atoms with Crippen molar-refractivity contribution in [2.75, 3.05) is 0 Å². The van der Waals surface area contributed by atoms with Gasteiger partial charge in [0.2, 0.25) is 5.89 Å². The van der Waals surface area contributed by atoms with Gasteiger partial charge in [-0.25, -0.2) is 4.79 Å². The number of benzene rings is 2. The monoisotopic (exact) mass is 386 g/mol. The van der Waals surface area contributed by atoms with E-state index in [0.717, 1.165) is 15.6 Å². The number of rotatable bonds is 4. The predicted octanol–water partition coefficient (Wildman–Crippen LogP) is 4.73. The fourth-order valence-corrected chi connectivity index (χ4v) is 2.51. The van der Waals surface area contributed by atoms with Crippen LogP contribution in [-0.2, 0) is 4.74 Å². The number of halogens is 1. The van der Waals surface area contributed by atoms with Gasteiger partial charge in [0.1, 0.15) is 0 Å². The lowest BCUT2D eigenvalue weighted by Crippen LogP contribution is -2.09. The van der Waals surface area contributed by atoms with Crippen LogP contribution >= 0.6 is 15.9 Å². The van der Waals surface area contributed by atoms with Gasteiger partial charge in [-0.1, -0.05) is 39.7 Å². The second kappa shape index (κ2) is 6.97. The Labute approximate surface area is 147 Å². The van der Waals surface area contributed by atoms with Gasteiger partial charge >= 0.3 is 5.97 Å². The molecule has 0 saturated heterocycles. The summed E-state index contributed by atoms with van der Waals surface area (Å²) >= 11 is 3.33. The highest BCUT2D eigenvalue weighted by Crippen LogP contribution is 2.23. The molecule has 2 aromatic carbocycles. The van der Waals surface area contributed by atoms with Crippen molar-refractivity contribution in [3.8, 4) is 11.5 Å². The van der Waals surface area contributed by atoms with Crippen LogP contribution in [0.5, 0.6) is 0 Å². The molecular formula is C18H15BrN2O3. The van der Waals surface area contributed by atoms with Crippen molar-refractivity contribution in [1.29, 1.82) is 0 Å². The standard InChI is InChI=1S/C18H15BrN2O3/c1-11-6-8-13(9-7-11)17-21-20-16(24-17)12(2)23-18(22)14-4-3-5-15(19)10-14/h3-10,12H,1-2H3/t12-/m1/s1. The van der Waals surface area contributed by atoms with Crippen LogP contribution in [0.4, 0.5) is 0 Å². The van der Waals surface area contributed by atoms with Crippen molar-refractivity contribution in [3.63, 3.8) is 0 Å². The van der Waals surface area contributed by atoms with Crippen molar-refractivity contribution in [1.82, 2.24) is 10.2 Å². The van der Waals surface area contributed by atoms with Crippen molar-refractivity contribution in [3.05, 3.63) is 70.0 Å². The third-order valence-corrected chi connectivity index (χ3v) is 3.92. The minimum atomic E-state index is -0.636. The molecule has 1 aromatic heterocycles. The first-order chi connectivity index (χ1) is 11.5. The lowest BCUT2D eigenvalue weighted by atomic mass is 10.1. The van der Waals surface area contributed by atoms with Crippen LogP contribution in [0.3, 0.4) is 0 Å². The van der Waals surface area contributed by atoms with E-state index < -0.39 is 12.1 Å². The number of esters is 1. The van der Waals surface area contributed by atoms with Crippen molar-refractivity contribution >= 4 is 21.9 Å². The lowest BCUT2D eigenvalue weighted by Gasteiger charge is -2.09. The van der Waals surface area contributed by atoms with E-state index in [9.17, 15) is 4.79 Å². The summed E-state index contributed by atoms with van der Waals surface area (Å²) < 4.78 is 11.8. The maximum absolute atomic E-state index is 12.2. The highest BCUT2D eigenvalue weighted by Gasteiger charge is 2.20. The topological polar surface area (TPSA) is 65.2 Å². The number of carbonyl (C=O) groups excluding carboxylic acids is 1. The summed E-state index contributed by atoms with van der Waals surface area (Å²) in [6.07, 6.45) is -0.636. The van der Waals surface area contributed by atoms with Gasteiger partial charge in [-0.15, -0.1) is 10.2 Å². The summed E-state index contributed by atoms with van der Waals surface area (Å²) in [4.78, 5) is 12.2. The van der Waals surface area contributed by atoms with E-state index in [1.54, 1.807) is 25.1 Å². The molecule has 0 N–H and O–H groups in total. The second-order valence-corrected chi connectivity index (χ2v) is 6.29. The summed E-state index contributed by atoms with van der Waals surface area (Å²) in [5.74, 6) is 0.211. The first kappa shape index (κ1) is 16.4. The molecule has 1 atom stereocenters. The van der Waals surface area contributed by atoms with Gasteiger partial charge in [-0.3, -0.25) is 0 Å². The number of aryl methyl sites for hydroxylation is 1. The number of hydrogen-bond donors (Lipinski definition) is 0. The van der Waals surface area contributed by atoms with Gasteiger partial charge in [-0.2, -0.15) is 0 Å². The number of hydrogen-bond acceptors (Lipinski definition) is 5. The van der Waals surface area contributed by atoms with Crippen LogP contribution < -0.4 is 0 Å². The zero-order chi connectivity index (χ0) is 17.1. The molecule has 0 radical (unpaired) electrons. The molecule has 0 aliphatic rings. The molecular weight excluding hydrogens is 372 g/mol. The maximum Gasteiger partial charge on any atom is 0.338 e. The molecule has 0 unspecified atom stereocenters. The summed E-state index contributed by atoms with van der Waals surface area (Å²) in [6.45, 7) is 3.70. The zero-order valence-electron chi connectivity index (χ0n) is 13.2. The maximum atomic E-state index is 12.2. The average Bonchev–Trinajstić information content (AvgIpc) is 3.05. The van der Waals surface area contributed by atoms with E-state index in [2.05, 4.69) is 26.1 Å². The molecule has 3 aromatic rings. The van der Waals surface area contributed by atoms with Gasteiger partial charge in [0.05, 0.1) is 5.56 Å². The number of nitrogens with zero attached hydrogens (tertiary/aromatic N) is 2. The first-order valence-corrected chi connectivity index (χ1v) is 8.19. The van der Waals surface area contributed by atoms with Gasteiger partial charge in [0.25, 0.3) is 5.89 Å². The average molecular weight is 387 g/mol. The molecule has 3 rings (SSSR count). The third kappa shape index (κ3) is 3.71. The number of ether oxygens (including phenoxy) is 1. The molecule has 0 aliphatic heterocycles. The number of aromatic nitrogens is 2. The molecule has 5 nitrogen and oxygen atoms in total. The third-order valence-electron chi connectivity index (χ3n) is 3.43. The summed E-state index contributed by atoms with van der Waals surface area (Å²) in [6, 6.07) is 14.7. The molecule has 122 valence electrons. The Bertz CT molecular complexity index is 859. The van der Waals surface area contributed by atoms with Gasteiger partial charge in [0, 0.05) is 10.0 Å². The Morgan fingerprint density at radius 1 is 1.17 bits per heavy atom. The van der Waals surface area contributed by atoms with Crippen LogP contribution in [0, 0.1) is 6.92 Å². The smallest absolute Gasteiger partial charge is 0.338 e. The largest absolute Gasteiger partial charge is 0.449 e. The summed E-state index contributed by atoms with van der Waals surface area (Å²) in [5, 5.41) is 7.99. The van der Waals surface area contributed by atoms with E-state index in [4.69, 9.17) is 9.15 Å². The van der Waals surface area contributed by atoms with Crippen molar-refractivity contribution in [2.45, 2.75) is 20.0 Å². The Morgan fingerprint density at radius 3 is 2.62 bits per heavy atom. The normalized spacial score (nSPS) is 12.0. The number of carbonyl (C=O) groups is 1. The Balaban J connectivity index is 1.73. The van der Waals surface area contributed by atoms with E-state index in [-0.39, 0.29) is 5.89 Å². The van der Waals surface area contributed by atoms with Crippen molar-refractivity contribution < 1.29 is 13.9 Å². The van der Waals surface area contributed by atoms with E-state index in [0.29, 0.717) is 11.5 Å². The van der Waals surface area contributed by atoms with Crippen LogP contribution in [0.15, 0.2) is 57.4 Å². The molecule has 0 bridgehead atoms. The minimum absolute atomic E-state index is 0.258. The van der Waals surface area contributed by atoms with Crippen LogP contribution in [0.2, 0.25) is 0 Å². The zero-order valence-corrected chi connectivity index (χ0v) is 14.8. The summed E-state index contributed by atoms with van der Waals surface area (Å²) in [5.41, 5.74) is 2.43. The molecule has 1 heterocycles. The Kier molecular flexibility index (Phi) is 4.76. The molecule has 0 aliphatic carbocycles. The van der Waals surface area contributed by atoms with Gasteiger partial charge in [-0.05, 0) is 44.2 Å². The quantitative estimate of drug-likeness (QED) is 0.606. The predicted molar refractivity (Wildman–Crippen MR) is 92.4 cm³/mol. The minimum Gasteiger partial charge on any atom is -0.449 e. The lowest BCUT2D eigenvalue weighted by molar-refractivity contribution is 0.0280. The van der Waals surface area contributed by atoms with Gasteiger partial charge < -0.3 is 9.15 Å². The Morgan fingerprint density at radius 2 is 1.92 bits per heavy atom. The van der Waals surface area contributed by atoms with Crippen molar-refractivity contribution in [2.24, 2.45) is 0 Å². The van der Waals surface area contributed by atoms with Crippen LogP contribution in [0.25, 0.3) is 11.5 Å². The fraction of sp³-hybridized carbons (Fsp3) is 0.167. The van der Waals surface area contributed by atoms with Crippen LogP contribution in [0.1, 0.15) is 34.8 Å².